The molecule has 5 heteroatoms. The number of allylic oxidation sites excluding steroid dienone is 1. The van der Waals surface area contributed by atoms with Crippen molar-refractivity contribution >= 4 is 23.2 Å². The maximum atomic E-state index is 14.2. The molecule has 1 aliphatic rings. The Bertz CT molecular complexity index is 885. The van der Waals surface area contributed by atoms with Crippen LogP contribution in [-0.4, -0.2) is 0 Å². The number of nitrogens with zero attached hydrogens (tertiary/aromatic N) is 1. The maximum absolute atomic E-state index is 14.2. The topological polar surface area (TPSA) is 33.0 Å². The van der Waals surface area contributed by atoms with Crippen LogP contribution in [0.5, 0.6) is 11.5 Å². The van der Waals surface area contributed by atoms with Gasteiger partial charge < -0.3 is 4.74 Å². The first kappa shape index (κ1) is 18.8. The lowest BCUT2D eigenvalue weighted by atomic mass is 9.90. The summed E-state index contributed by atoms with van der Waals surface area (Å²) in [4.78, 5) is 0. The van der Waals surface area contributed by atoms with Gasteiger partial charge in [-0.3, -0.25) is 0 Å². The Kier molecular flexibility index (Phi) is 5.01. The van der Waals surface area contributed by atoms with Crippen molar-refractivity contribution in [3.05, 3.63) is 70.5 Å². The van der Waals surface area contributed by atoms with E-state index in [0.29, 0.717) is 12.2 Å². The Labute approximate surface area is 162 Å². The van der Waals surface area contributed by atoms with E-state index in [4.69, 9.17) is 27.9 Å². The smallest absolute Gasteiger partial charge is 0.165 e. The summed E-state index contributed by atoms with van der Waals surface area (Å²) in [6, 6.07) is 16.2. The normalized spacial score (nSPS) is 23.0. The van der Waals surface area contributed by atoms with E-state index in [-0.39, 0.29) is 21.6 Å². The molecular weight excluding hydrogens is 372 g/mol. The van der Waals surface area contributed by atoms with E-state index in [0.717, 1.165) is 5.56 Å². The third-order valence-corrected chi connectivity index (χ3v) is 5.57. The van der Waals surface area contributed by atoms with Crippen molar-refractivity contribution in [3.8, 4) is 17.6 Å². The third-order valence-electron chi connectivity index (χ3n) is 5.32. The second-order valence-corrected chi connectivity index (χ2v) is 8.10. The quantitative estimate of drug-likeness (QED) is 0.573. The number of para-hydroxylation sites is 1. The molecule has 0 spiro atoms. The van der Waals surface area contributed by atoms with Gasteiger partial charge in [0, 0.05) is 5.92 Å². The van der Waals surface area contributed by atoms with Crippen LogP contribution in [0.2, 0.25) is 0 Å². The van der Waals surface area contributed by atoms with Crippen LogP contribution in [0.3, 0.4) is 0 Å². The van der Waals surface area contributed by atoms with Crippen molar-refractivity contribution in [1.82, 2.24) is 0 Å². The van der Waals surface area contributed by atoms with Gasteiger partial charge in [-0.15, -0.1) is 0 Å². The Morgan fingerprint density at radius 2 is 1.92 bits per heavy atom. The molecular formula is C21H18Cl2FNO. The van der Waals surface area contributed by atoms with Gasteiger partial charge in [-0.05, 0) is 47.7 Å². The minimum absolute atomic E-state index is 0.0615. The zero-order valence-corrected chi connectivity index (χ0v) is 16.0. The second-order valence-electron chi connectivity index (χ2n) is 7.10. The highest BCUT2D eigenvalue weighted by atomic mass is 35.5. The van der Waals surface area contributed by atoms with Crippen molar-refractivity contribution in [2.45, 2.75) is 20.3 Å². The van der Waals surface area contributed by atoms with Gasteiger partial charge in [0.15, 0.2) is 11.6 Å². The molecule has 0 saturated heterocycles. The van der Waals surface area contributed by atoms with E-state index in [9.17, 15) is 9.65 Å². The average molecular weight is 390 g/mol. The zero-order chi connectivity index (χ0) is 18.9. The van der Waals surface area contributed by atoms with Crippen LogP contribution < -0.4 is 4.74 Å². The molecule has 0 amide bonds. The predicted octanol–water partition coefficient (Wildman–Crippen LogP) is 6.65. The van der Waals surface area contributed by atoms with E-state index >= 15 is 0 Å². The van der Waals surface area contributed by atoms with Crippen molar-refractivity contribution < 1.29 is 9.13 Å². The molecule has 0 heterocycles. The van der Waals surface area contributed by atoms with Crippen molar-refractivity contribution in [2.24, 2.45) is 16.7 Å². The molecule has 1 fully saturated rings. The molecule has 2 nitrogen and oxygen atoms in total. The predicted molar refractivity (Wildman–Crippen MR) is 102 cm³/mol. The fraction of sp³-hybridized carbons (Fsp3) is 0.286. The lowest BCUT2D eigenvalue weighted by molar-refractivity contribution is 0.438. The minimum Gasteiger partial charge on any atom is -0.454 e. The van der Waals surface area contributed by atoms with Crippen LogP contribution in [-0.2, 0) is 6.42 Å². The highest BCUT2D eigenvalue weighted by Crippen LogP contribution is 2.71. The van der Waals surface area contributed by atoms with Crippen molar-refractivity contribution in [2.75, 3.05) is 0 Å². The summed E-state index contributed by atoms with van der Waals surface area (Å²) in [5.41, 5.74) is -0.0799. The standard InChI is InChI=1S/C21H18Cl2FNO/c1-20(2)18(11-19(22)23)21(20,13-25)12-14-8-9-16(24)17(10-14)26-15-6-4-3-5-7-15/h3-11,18H,12H2,1-2H3/t18-,21-/m0/s1. The Balaban J connectivity index is 1.88. The number of benzene rings is 2. The van der Waals surface area contributed by atoms with Crippen LogP contribution >= 0.6 is 23.2 Å². The lowest BCUT2D eigenvalue weighted by Crippen LogP contribution is -2.10. The summed E-state index contributed by atoms with van der Waals surface area (Å²) in [7, 11) is 0. The van der Waals surface area contributed by atoms with E-state index in [1.165, 1.54) is 6.07 Å². The van der Waals surface area contributed by atoms with Crippen LogP contribution in [0.25, 0.3) is 0 Å². The monoisotopic (exact) mass is 389 g/mol. The molecule has 0 aromatic heterocycles. The van der Waals surface area contributed by atoms with E-state index in [2.05, 4.69) is 6.07 Å². The summed E-state index contributed by atoms with van der Waals surface area (Å²) in [6.07, 6.45) is 2.18. The van der Waals surface area contributed by atoms with Crippen LogP contribution in [0.4, 0.5) is 4.39 Å². The number of rotatable bonds is 5. The van der Waals surface area contributed by atoms with Gasteiger partial charge in [0.2, 0.25) is 0 Å². The summed E-state index contributed by atoms with van der Waals surface area (Å²) in [6.45, 7) is 4.03. The Morgan fingerprint density at radius 1 is 1.23 bits per heavy atom. The van der Waals surface area contributed by atoms with Gasteiger partial charge in [-0.1, -0.05) is 61.3 Å². The molecule has 0 N–H and O–H groups in total. The van der Waals surface area contributed by atoms with Crippen LogP contribution in [0.1, 0.15) is 19.4 Å². The number of hydrogen-bond acceptors (Lipinski definition) is 2. The average Bonchev–Trinajstić information content (AvgIpc) is 3.05. The molecule has 1 saturated carbocycles. The van der Waals surface area contributed by atoms with Crippen LogP contribution in [0.15, 0.2) is 59.1 Å². The van der Waals surface area contributed by atoms with Crippen molar-refractivity contribution in [1.29, 1.82) is 5.26 Å². The molecule has 134 valence electrons. The number of ether oxygens (including phenoxy) is 1. The fourth-order valence-electron chi connectivity index (χ4n) is 3.64. The highest BCUT2D eigenvalue weighted by molar-refractivity contribution is 6.55. The summed E-state index contributed by atoms with van der Waals surface area (Å²) in [5.74, 6) is 0.190. The summed E-state index contributed by atoms with van der Waals surface area (Å²) < 4.78 is 20.0. The highest BCUT2D eigenvalue weighted by Gasteiger charge is 2.70. The van der Waals surface area contributed by atoms with Gasteiger partial charge in [0.1, 0.15) is 10.2 Å². The first-order chi connectivity index (χ1) is 12.3. The van der Waals surface area contributed by atoms with Gasteiger partial charge in [-0.25, -0.2) is 4.39 Å². The molecule has 0 unspecified atom stereocenters. The van der Waals surface area contributed by atoms with Gasteiger partial charge in [0.25, 0.3) is 0 Å². The Hall–Kier alpha value is -2.02. The molecule has 0 aliphatic heterocycles. The molecule has 2 atom stereocenters. The molecule has 0 bridgehead atoms. The van der Waals surface area contributed by atoms with Gasteiger partial charge >= 0.3 is 0 Å². The molecule has 2 aromatic carbocycles. The Morgan fingerprint density at radius 3 is 2.54 bits per heavy atom. The molecule has 0 radical (unpaired) electrons. The van der Waals surface area contributed by atoms with Gasteiger partial charge in [-0.2, -0.15) is 5.26 Å². The largest absolute Gasteiger partial charge is 0.454 e. The first-order valence-electron chi connectivity index (χ1n) is 8.25. The minimum atomic E-state index is -0.635. The number of nitriles is 1. The second kappa shape index (κ2) is 6.95. The van der Waals surface area contributed by atoms with Crippen LogP contribution in [0, 0.1) is 33.9 Å². The maximum Gasteiger partial charge on any atom is 0.165 e. The summed E-state index contributed by atoms with van der Waals surface area (Å²) >= 11 is 11.6. The molecule has 26 heavy (non-hydrogen) atoms. The molecule has 1 aliphatic carbocycles. The summed E-state index contributed by atoms with van der Waals surface area (Å²) in [5, 5.41) is 9.83. The van der Waals surface area contributed by atoms with E-state index < -0.39 is 11.2 Å². The SMILES string of the molecule is CC1(C)[C@H](C=C(Cl)Cl)[C@@]1(C#N)Cc1ccc(F)c(Oc2ccccc2)c1. The van der Waals surface area contributed by atoms with E-state index in [1.807, 2.05) is 32.0 Å². The number of halogens is 3. The fourth-order valence-corrected chi connectivity index (χ4v) is 3.89. The zero-order valence-electron chi connectivity index (χ0n) is 14.5. The first-order valence-corrected chi connectivity index (χ1v) is 9.01. The molecule has 2 aromatic rings. The van der Waals surface area contributed by atoms with Crippen molar-refractivity contribution in [3.63, 3.8) is 0 Å². The van der Waals surface area contributed by atoms with E-state index in [1.54, 1.807) is 30.3 Å². The lowest BCUT2D eigenvalue weighted by Gasteiger charge is -2.14. The molecule has 3 rings (SSSR count). The van der Waals surface area contributed by atoms with Gasteiger partial charge in [0.05, 0.1) is 11.5 Å². The number of hydrogen-bond donors (Lipinski definition) is 0. The third kappa shape index (κ3) is 3.32.